The fraction of sp³-hybridized carbons (Fsp3) is 0.469. The minimum atomic E-state index is -4.66. The first-order valence-electron chi connectivity index (χ1n) is 16.2. The van der Waals surface area contributed by atoms with Crippen molar-refractivity contribution in [3.05, 3.63) is 65.2 Å². The molecule has 51 heavy (non-hydrogen) atoms. The van der Waals surface area contributed by atoms with Gasteiger partial charge in [-0.15, -0.1) is 0 Å². The molecule has 15 nitrogen and oxygen atoms in total. The number of phosphoric ester groups is 1. The van der Waals surface area contributed by atoms with E-state index in [0.717, 1.165) is 6.20 Å². The number of aromatic nitrogens is 3. The molecule has 2 atom stereocenters. The monoisotopic (exact) mass is 753 g/mol. The number of alkyl halides is 2. The molecule has 4 heterocycles. The zero-order valence-corrected chi connectivity index (χ0v) is 28.7. The number of amides is 2. The largest absolute Gasteiger partial charge is 0.489 e. The fourth-order valence-corrected chi connectivity index (χ4v) is 7.13. The van der Waals surface area contributed by atoms with Gasteiger partial charge < -0.3 is 28.9 Å². The van der Waals surface area contributed by atoms with Gasteiger partial charge in [0.05, 0.1) is 24.3 Å². The van der Waals surface area contributed by atoms with Crippen molar-refractivity contribution in [2.45, 2.75) is 69.9 Å². The number of hydrogen-bond donors (Lipinski definition) is 2. The third-order valence-corrected chi connectivity index (χ3v) is 9.85. The van der Waals surface area contributed by atoms with Gasteiger partial charge in [0.15, 0.2) is 6.73 Å². The number of benzene rings is 1. The van der Waals surface area contributed by atoms with Crippen molar-refractivity contribution in [3.8, 4) is 16.9 Å². The van der Waals surface area contributed by atoms with Crippen molar-refractivity contribution in [2.75, 3.05) is 19.9 Å². The number of cyclic esters (lactones) is 1. The van der Waals surface area contributed by atoms with Crippen LogP contribution in [0.15, 0.2) is 48.9 Å². The first-order valence-corrected chi connectivity index (χ1v) is 18.1. The van der Waals surface area contributed by atoms with Gasteiger partial charge >= 0.3 is 26.4 Å². The van der Waals surface area contributed by atoms with Gasteiger partial charge in [0.1, 0.15) is 24.2 Å². The summed E-state index contributed by atoms with van der Waals surface area (Å²) in [6.45, 7) is -2.72. The summed E-state index contributed by atoms with van der Waals surface area (Å²) in [7, 11) is -4.66. The van der Waals surface area contributed by atoms with Gasteiger partial charge in [-0.3, -0.25) is 24.0 Å². The first-order chi connectivity index (χ1) is 24.3. The maximum Gasteiger partial charge on any atom is 0.469 e. The lowest BCUT2D eigenvalue weighted by Gasteiger charge is -2.33. The molecule has 3 aliphatic rings. The second-order valence-corrected chi connectivity index (χ2v) is 14.2. The summed E-state index contributed by atoms with van der Waals surface area (Å²) in [4.78, 5) is 64.6. The number of carbonyl (C=O) groups excluding carboxylic acids is 3. The average molecular weight is 754 g/mol. The van der Waals surface area contributed by atoms with Gasteiger partial charge in [-0.2, -0.15) is 13.9 Å². The summed E-state index contributed by atoms with van der Waals surface area (Å²) in [5, 5.41) is 4.20. The number of fused-ring (bicyclic) bond motifs is 1. The van der Waals surface area contributed by atoms with Crippen molar-refractivity contribution in [1.82, 2.24) is 24.6 Å². The van der Waals surface area contributed by atoms with Gasteiger partial charge in [0.25, 0.3) is 5.91 Å². The molecule has 19 heteroatoms. The Hall–Kier alpha value is -4.15. The van der Waals surface area contributed by atoms with E-state index in [9.17, 15) is 27.7 Å². The van der Waals surface area contributed by atoms with Crippen LogP contribution in [0.25, 0.3) is 11.1 Å². The second-order valence-electron chi connectivity index (χ2n) is 12.5. The molecule has 1 saturated carbocycles. The molecule has 2 amide bonds. The molecular weight excluding hydrogens is 719 g/mol. The number of carbonyl (C=O) groups is 3. The van der Waals surface area contributed by atoms with E-state index in [1.54, 1.807) is 29.2 Å². The minimum Gasteiger partial charge on any atom is -0.489 e. The molecule has 0 unspecified atom stereocenters. The lowest BCUT2D eigenvalue weighted by Crippen LogP contribution is -2.44. The molecule has 3 aromatic rings. The van der Waals surface area contributed by atoms with E-state index in [2.05, 4.69) is 10.1 Å². The summed E-state index contributed by atoms with van der Waals surface area (Å²) in [5.41, 5.74) is 1.19. The van der Waals surface area contributed by atoms with Crippen LogP contribution in [-0.2, 0) is 29.9 Å². The Kier molecular flexibility index (Phi) is 11.2. The third kappa shape index (κ3) is 9.21. The van der Waals surface area contributed by atoms with Crippen LogP contribution in [0, 0.1) is 5.92 Å². The Morgan fingerprint density at radius 3 is 2.53 bits per heavy atom. The summed E-state index contributed by atoms with van der Waals surface area (Å²) < 4.78 is 60.4. The van der Waals surface area contributed by atoms with Crippen LogP contribution < -0.4 is 4.74 Å². The number of halogens is 3. The van der Waals surface area contributed by atoms with Gasteiger partial charge in [0.2, 0.25) is 0 Å². The number of rotatable bonds is 12. The van der Waals surface area contributed by atoms with Crippen LogP contribution in [0.5, 0.6) is 5.75 Å². The van der Waals surface area contributed by atoms with E-state index >= 15 is 0 Å². The van der Waals surface area contributed by atoms with Crippen molar-refractivity contribution in [3.63, 3.8) is 0 Å². The number of ether oxygens (including phenoxy) is 3. The molecule has 0 bridgehead atoms. The SMILES string of the molecule is O=C(OCN(Cc1ccc(Cl)cc1)C(=O)c1cc(O[C@H]2CCN3C(=O)OC[C@@H]3C2)c(-c2cnn(C(F)F)c2)cn1)C1CCC(OP(=O)(O)O)CC1. The number of piperidine rings is 1. The van der Waals surface area contributed by atoms with E-state index in [-0.39, 0.29) is 61.9 Å². The van der Waals surface area contributed by atoms with Crippen LogP contribution in [0.2, 0.25) is 5.02 Å². The molecule has 2 aromatic heterocycles. The van der Waals surface area contributed by atoms with Gasteiger partial charge in [-0.1, -0.05) is 23.7 Å². The Bertz CT molecular complexity index is 1790. The van der Waals surface area contributed by atoms with E-state index < -0.39 is 57.2 Å². The molecule has 274 valence electrons. The zero-order chi connectivity index (χ0) is 36.3. The summed E-state index contributed by atoms with van der Waals surface area (Å²) in [6.07, 6.45) is 4.18. The highest BCUT2D eigenvalue weighted by atomic mass is 35.5. The van der Waals surface area contributed by atoms with E-state index in [4.69, 9.17) is 40.1 Å². The van der Waals surface area contributed by atoms with Crippen LogP contribution in [-0.4, -0.2) is 90.5 Å². The van der Waals surface area contributed by atoms with Crippen LogP contribution in [0.3, 0.4) is 0 Å². The predicted molar refractivity (Wildman–Crippen MR) is 173 cm³/mol. The highest BCUT2D eigenvalue weighted by molar-refractivity contribution is 7.46. The van der Waals surface area contributed by atoms with Crippen molar-refractivity contribution in [2.24, 2.45) is 5.92 Å². The van der Waals surface area contributed by atoms with Crippen LogP contribution >= 0.6 is 19.4 Å². The molecule has 2 aliphatic heterocycles. The van der Waals surface area contributed by atoms with Gasteiger partial charge in [-0.25, -0.2) is 14.0 Å². The minimum absolute atomic E-state index is 0.00109. The Morgan fingerprint density at radius 1 is 1.10 bits per heavy atom. The van der Waals surface area contributed by atoms with Gasteiger partial charge in [0, 0.05) is 60.5 Å². The van der Waals surface area contributed by atoms with E-state index in [1.807, 2.05) is 0 Å². The average Bonchev–Trinajstić information content (AvgIpc) is 3.74. The quantitative estimate of drug-likeness (QED) is 0.141. The maximum absolute atomic E-state index is 14.1. The molecule has 2 saturated heterocycles. The molecule has 0 spiro atoms. The Morgan fingerprint density at radius 2 is 1.84 bits per heavy atom. The predicted octanol–water partition coefficient (Wildman–Crippen LogP) is 5.17. The number of phosphoric acid groups is 1. The van der Waals surface area contributed by atoms with Crippen LogP contribution in [0.4, 0.5) is 13.6 Å². The van der Waals surface area contributed by atoms with Gasteiger partial charge in [-0.05, 0) is 43.4 Å². The normalized spacial score (nSPS) is 22.0. The second kappa shape index (κ2) is 15.6. The molecule has 3 fully saturated rings. The number of nitrogens with zero attached hydrogens (tertiary/aromatic N) is 5. The van der Waals surface area contributed by atoms with Crippen LogP contribution in [0.1, 0.15) is 61.1 Å². The molecular formula is C32H35ClF2N5O10P. The molecule has 6 rings (SSSR count). The highest BCUT2D eigenvalue weighted by Crippen LogP contribution is 2.42. The topological polar surface area (TPSA) is 183 Å². The Labute approximate surface area is 295 Å². The van der Waals surface area contributed by atoms with Crippen molar-refractivity contribution >= 4 is 37.4 Å². The van der Waals surface area contributed by atoms with Crippen molar-refractivity contribution in [1.29, 1.82) is 0 Å². The fourth-order valence-electron chi connectivity index (χ4n) is 6.41. The van der Waals surface area contributed by atoms with Crippen molar-refractivity contribution < 1.29 is 56.3 Å². The molecule has 1 aliphatic carbocycles. The summed E-state index contributed by atoms with van der Waals surface area (Å²) >= 11 is 6.06. The molecule has 1 aromatic carbocycles. The molecule has 2 N–H and O–H groups in total. The third-order valence-electron chi connectivity index (χ3n) is 9.02. The lowest BCUT2D eigenvalue weighted by atomic mass is 9.88. The summed E-state index contributed by atoms with van der Waals surface area (Å²) in [6, 6.07) is 7.93. The standard InChI is InChI=1S/C32H35ClF2N5O10P/c33-22-5-1-19(2-6-22)15-38(18-48-30(42)20-3-7-24(8-4-20)50-51(44,45)46)29(41)27-12-28(26(14-36-27)21-13-37-40(16-21)31(34)35)49-25-9-10-39-23(11-25)17-47-32(39)43/h1-2,5-6,12-14,16,20,23-25,31H,3-4,7-11,15,17-18H2,(H2,44,45,46)/t20?,23-,24?,25-/m0/s1. The smallest absolute Gasteiger partial charge is 0.469 e. The maximum atomic E-state index is 14.1. The lowest BCUT2D eigenvalue weighted by molar-refractivity contribution is -0.154. The number of esters is 1. The number of hydrogen-bond acceptors (Lipinski definition) is 10. The van der Waals surface area contributed by atoms with E-state index in [0.29, 0.717) is 40.2 Å². The Balaban J connectivity index is 1.22. The first kappa shape index (κ1) is 36.6. The number of pyridine rings is 1. The molecule has 0 radical (unpaired) electrons. The van der Waals surface area contributed by atoms with E-state index in [1.165, 1.54) is 23.4 Å². The highest BCUT2D eigenvalue weighted by Gasteiger charge is 2.39. The summed E-state index contributed by atoms with van der Waals surface area (Å²) in [5.74, 6) is -1.58. The zero-order valence-electron chi connectivity index (χ0n) is 27.1.